The van der Waals surface area contributed by atoms with Crippen LogP contribution < -0.4 is 5.32 Å². The Morgan fingerprint density at radius 3 is 2.00 bits per heavy atom. The zero-order valence-corrected chi connectivity index (χ0v) is 12.3. The van der Waals surface area contributed by atoms with Gasteiger partial charge in [0.1, 0.15) is 0 Å². The molecule has 0 aromatic heterocycles. The maximum absolute atomic E-state index is 6.34. The third kappa shape index (κ3) is 3.15. The molecule has 0 aliphatic heterocycles. The Labute approximate surface area is 115 Å². The van der Waals surface area contributed by atoms with Crippen molar-refractivity contribution in [2.24, 2.45) is 0 Å². The van der Waals surface area contributed by atoms with Crippen molar-refractivity contribution >= 4 is 23.2 Å². The molecule has 0 saturated carbocycles. The van der Waals surface area contributed by atoms with Gasteiger partial charge < -0.3 is 5.32 Å². The summed E-state index contributed by atoms with van der Waals surface area (Å²) < 4.78 is 0. The van der Waals surface area contributed by atoms with Gasteiger partial charge in [-0.2, -0.15) is 0 Å². The van der Waals surface area contributed by atoms with Crippen LogP contribution in [0, 0.1) is 0 Å². The first-order valence-corrected chi connectivity index (χ1v) is 7.02. The predicted octanol–water partition coefficient (Wildman–Crippen LogP) is 4.66. The van der Waals surface area contributed by atoms with Gasteiger partial charge in [-0.15, -0.1) is 0 Å². The second-order valence-corrected chi connectivity index (χ2v) is 5.18. The van der Waals surface area contributed by atoms with E-state index in [-0.39, 0.29) is 5.41 Å². The van der Waals surface area contributed by atoms with Crippen molar-refractivity contribution < 1.29 is 0 Å². The van der Waals surface area contributed by atoms with E-state index in [4.69, 9.17) is 23.2 Å². The highest BCUT2D eigenvalue weighted by atomic mass is 35.5. The van der Waals surface area contributed by atoms with Crippen LogP contribution in [0.2, 0.25) is 10.0 Å². The quantitative estimate of drug-likeness (QED) is 0.795. The number of likely N-dealkylation sites (N-methyl/N-ethyl adjacent to an activating group) is 1. The Morgan fingerprint density at radius 2 is 1.59 bits per heavy atom. The van der Waals surface area contributed by atoms with Crippen LogP contribution in [0.3, 0.4) is 0 Å². The molecule has 1 aromatic rings. The highest BCUT2D eigenvalue weighted by Crippen LogP contribution is 2.40. The normalized spacial score (nSPS) is 11.8. The molecule has 3 heteroatoms. The first-order valence-electron chi connectivity index (χ1n) is 6.26. The molecule has 0 heterocycles. The van der Waals surface area contributed by atoms with E-state index in [9.17, 15) is 0 Å². The van der Waals surface area contributed by atoms with Crippen molar-refractivity contribution in [2.75, 3.05) is 13.1 Å². The highest BCUT2D eigenvalue weighted by Gasteiger charge is 2.31. The lowest BCUT2D eigenvalue weighted by Crippen LogP contribution is -2.37. The summed E-state index contributed by atoms with van der Waals surface area (Å²) in [5.41, 5.74) is 1.13. The summed E-state index contributed by atoms with van der Waals surface area (Å²) in [4.78, 5) is 0. The molecule has 1 aromatic carbocycles. The van der Waals surface area contributed by atoms with Gasteiger partial charge in [-0.3, -0.25) is 0 Å². The van der Waals surface area contributed by atoms with E-state index in [1.54, 1.807) is 0 Å². The van der Waals surface area contributed by atoms with Crippen LogP contribution in [-0.2, 0) is 5.41 Å². The van der Waals surface area contributed by atoms with Crippen LogP contribution in [0.25, 0.3) is 0 Å². The lowest BCUT2D eigenvalue weighted by molar-refractivity contribution is 0.372. The average molecular weight is 274 g/mol. The zero-order valence-electron chi connectivity index (χ0n) is 10.8. The summed E-state index contributed by atoms with van der Waals surface area (Å²) in [7, 11) is 0. The largest absolute Gasteiger partial charge is 0.316 e. The number of benzene rings is 1. The van der Waals surface area contributed by atoms with Gasteiger partial charge in [0.15, 0.2) is 0 Å². The van der Waals surface area contributed by atoms with Gasteiger partial charge in [0.25, 0.3) is 0 Å². The molecule has 0 aliphatic carbocycles. The van der Waals surface area contributed by atoms with E-state index in [1.165, 1.54) is 0 Å². The van der Waals surface area contributed by atoms with Crippen molar-refractivity contribution in [3.63, 3.8) is 0 Å². The summed E-state index contributed by atoms with van der Waals surface area (Å²) >= 11 is 12.7. The first-order chi connectivity index (χ1) is 8.11. The highest BCUT2D eigenvalue weighted by molar-refractivity contribution is 6.36. The number of hydrogen-bond donors (Lipinski definition) is 1. The maximum Gasteiger partial charge on any atom is 0.0459 e. The van der Waals surface area contributed by atoms with Crippen LogP contribution in [0.5, 0.6) is 0 Å². The van der Waals surface area contributed by atoms with Crippen LogP contribution in [0.4, 0.5) is 0 Å². The zero-order chi connectivity index (χ0) is 12.9. The fourth-order valence-corrected chi connectivity index (χ4v) is 3.11. The number of rotatable bonds is 6. The molecule has 1 N–H and O–H groups in total. The Balaban J connectivity index is 3.21. The molecule has 0 amide bonds. The van der Waals surface area contributed by atoms with Crippen LogP contribution in [-0.4, -0.2) is 13.1 Å². The van der Waals surface area contributed by atoms with Crippen LogP contribution in [0.1, 0.15) is 39.2 Å². The van der Waals surface area contributed by atoms with Gasteiger partial charge in [-0.05, 0) is 37.1 Å². The SMILES string of the molecule is CCNCC(CC)(CC)c1c(Cl)cccc1Cl. The third-order valence-corrected chi connectivity index (χ3v) is 4.19. The van der Waals surface area contributed by atoms with E-state index in [0.717, 1.165) is 41.5 Å². The van der Waals surface area contributed by atoms with Crippen molar-refractivity contribution in [1.29, 1.82) is 0 Å². The van der Waals surface area contributed by atoms with Crippen molar-refractivity contribution in [3.8, 4) is 0 Å². The summed E-state index contributed by atoms with van der Waals surface area (Å²) in [6.45, 7) is 8.38. The Kier molecular flexibility index (Phi) is 5.78. The maximum atomic E-state index is 6.34. The van der Waals surface area contributed by atoms with Crippen molar-refractivity contribution in [2.45, 2.75) is 39.0 Å². The Hall–Kier alpha value is -0.240. The molecular formula is C14H21Cl2N. The van der Waals surface area contributed by atoms with Gasteiger partial charge in [0.2, 0.25) is 0 Å². The minimum atomic E-state index is 0.0332. The van der Waals surface area contributed by atoms with Gasteiger partial charge in [0.05, 0.1) is 0 Å². The summed E-state index contributed by atoms with van der Waals surface area (Å²) in [5, 5.41) is 4.98. The predicted molar refractivity (Wildman–Crippen MR) is 77.3 cm³/mol. The molecule has 0 fully saturated rings. The average Bonchev–Trinajstić information content (AvgIpc) is 2.33. The summed E-state index contributed by atoms with van der Waals surface area (Å²) in [6.07, 6.45) is 2.06. The van der Waals surface area contributed by atoms with Gasteiger partial charge in [-0.1, -0.05) is 50.0 Å². The summed E-state index contributed by atoms with van der Waals surface area (Å²) in [6, 6.07) is 5.75. The van der Waals surface area contributed by atoms with Gasteiger partial charge >= 0.3 is 0 Å². The van der Waals surface area contributed by atoms with E-state index in [0.29, 0.717) is 0 Å². The number of halogens is 2. The number of hydrogen-bond acceptors (Lipinski definition) is 1. The number of nitrogens with one attached hydrogen (secondary N) is 1. The second kappa shape index (κ2) is 6.63. The van der Waals surface area contributed by atoms with E-state index in [1.807, 2.05) is 18.2 Å². The Morgan fingerprint density at radius 1 is 1.06 bits per heavy atom. The molecule has 1 nitrogen and oxygen atoms in total. The van der Waals surface area contributed by atoms with E-state index < -0.39 is 0 Å². The van der Waals surface area contributed by atoms with Gasteiger partial charge in [0, 0.05) is 22.0 Å². The van der Waals surface area contributed by atoms with E-state index >= 15 is 0 Å². The van der Waals surface area contributed by atoms with Crippen molar-refractivity contribution in [3.05, 3.63) is 33.8 Å². The van der Waals surface area contributed by atoms with Crippen LogP contribution in [0.15, 0.2) is 18.2 Å². The second-order valence-electron chi connectivity index (χ2n) is 4.36. The third-order valence-electron chi connectivity index (χ3n) is 3.56. The van der Waals surface area contributed by atoms with E-state index in [2.05, 4.69) is 26.1 Å². The molecule has 1 rings (SSSR count). The molecule has 0 bridgehead atoms. The molecule has 0 radical (unpaired) electrons. The lowest BCUT2D eigenvalue weighted by Gasteiger charge is -2.34. The fourth-order valence-electron chi connectivity index (χ4n) is 2.31. The lowest BCUT2D eigenvalue weighted by atomic mass is 9.75. The molecule has 96 valence electrons. The molecule has 0 atom stereocenters. The standard InChI is InChI=1S/C14H21Cl2N/c1-4-14(5-2,10-17-6-3)13-11(15)8-7-9-12(13)16/h7-9,17H,4-6,10H2,1-3H3. The topological polar surface area (TPSA) is 12.0 Å². The fraction of sp³-hybridized carbons (Fsp3) is 0.571. The smallest absolute Gasteiger partial charge is 0.0459 e. The minimum Gasteiger partial charge on any atom is -0.316 e. The first kappa shape index (κ1) is 14.8. The Bertz CT molecular complexity index is 339. The molecule has 0 saturated heterocycles. The van der Waals surface area contributed by atoms with Crippen molar-refractivity contribution in [1.82, 2.24) is 5.32 Å². The molecule has 17 heavy (non-hydrogen) atoms. The molecule has 0 aliphatic rings. The van der Waals surface area contributed by atoms with Crippen LogP contribution >= 0.6 is 23.2 Å². The van der Waals surface area contributed by atoms with Gasteiger partial charge in [-0.25, -0.2) is 0 Å². The minimum absolute atomic E-state index is 0.0332. The monoisotopic (exact) mass is 273 g/mol. The molecular weight excluding hydrogens is 253 g/mol. The summed E-state index contributed by atoms with van der Waals surface area (Å²) in [5.74, 6) is 0. The molecule has 0 spiro atoms. The molecule has 0 unspecified atom stereocenters.